The van der Waals surface area contributed by atoms with Crippen molar-refractivity contribution in [2.24, 2.45) is 0 Å². The number of esters is 2. The van der Waals surface area contributed by atoms with E-state index in [2.05, 4.69) is 14.8 Å². The minimum atomic E-state index is -1.48. The average Bonchev–Trinajstić information content (AvgIpc) is 2.46. The molecule has 0 saturated carbocycles. The first-order chi connectivity index (χ1) is 9.42. The second kappa shape index (κ2) is 6.70. The Morgan fingerprint density at radius 2 is 1.70 bits per heavy atom. The predicted octanol–water partition coefficient (Wildman–Crippen LogP) is 0.911. The molecule has 0 aliphatic carbocycles. The minimum absolute atomic E-state index is 0.311. The lowest BCUT2D eigenvalue weighted by Gasteiger charge is -2.26. The van der Waals surface area contributed by atoms with Crippen molar-refractivity contribution in [2.75, 3.05) is 14.2 Å². The van der Waals surface area contributed by atoms with Crippen LogP contribution in [0.3, 0.4) is 0 Å². The largest absolute Gasteiger partial charge is 0.469 e. The molecule has 0 saturated heterocycles. The highest BCUT2D eigenvalue weighted by Gasteiger charge is 2.39. The number of carbonyl (C=O) groups is 3. The first-order valence-electron chi connectivity index (χ1n) is 5.95. The van der Waals surface area contributed by atoms with Crippen LogP contribution in [0.5, 0.6) is 0 Å². The topological polar surface area (TPSA) is 81.7 Å². The Balaban J connectivity index is 2.93. The van der Waals surface area contributed by atoms with Gasteiger partial charge in [-0.05, 0) is 19.1 Å². The van der Waals surface area contributed by atoms with E-state index in [1.807, 2.05) is 0 Å². The Morgan fingerprint density at radius 1 is 1.10 bits per heavy atom. The van der Waals surface area contributed by atoms with Gasteiger partial charge < -0.3 is 14.8 Å². The van der Waals surface area contributed by atoms with Gasteiger partial charge in [-0.1, -0.05) is 18.2 Å². The van der Waals surface area contributed by atoms with Crippen LogP contribution in [0.15, 0.2) is 30.3 Å². The molecule has 0 aliphatic heterocycles. The molecule has 1 rings (SSSR count). The van der Waals surface area contributed by atoms with Gasteiger partial charge in [0.15, 0.2) is 0 Å². The molecule has 1 aromatic carbocycles. The molecule has 0 bridgehead atoms. The summed E-state index contributed by atoms with van der Waals surface area (Å²) in [5.41, 5.74) is -1.10. The van der Waals surface area contributed by atoms with E-state index in [0.717, 1.165) is 0 Å². The van der Waals surface area contributed by atoms with Gasteiger partial charge in [-0.2, -0.15) is 0 Å². The maximum atomic E-state index is 12.1. The summed E-state index contributed by atoms with van der Waals surface area (Å²) in [5, 5.41) is 2.51. The molecule has 108 valence electrons. The Labute approximate surface area is 117 Å². The predicted molar refractivity (Wildman–Crippen MR) is 71.0 cm³/mol. The number of benzene rings is 1. The average molecular weight is 279 g/mol. The van der Waals surface area contributed by atoms with Crippen LogP contribution in [-0.2, 0) is 19.1 Å². The summed E-state index contributed by atoms with van der Waals surface area (Å²) in [5.74, 6) is -1.80. The third-order valence-corrected chi connectivity index (χ3v) is 2.79. The van der Waals surface area contributed by atoms with Crippen LogP contribution in [0, 0.1) is 0 Å². The quantitative estimate of drug-likeness (QED) is 0.810. The zero-order valence-electron chi connectivity index (χ0n) is 11.6. The van der Waals surface area contributed by atoms with Gasteiger partial charge in [-0.25, -0.2) is 4.79 Å². The Hall–Kier alpha value is -2.37. The van der Waals surface area contributed by atoms with Crippen LogP contribution in [0.1, 0.15) is 23.7 Å². The molecule has 6 nitrogen and oxygen atoms in total. The molecule has 0 heterocycles. The number of nitrogens with one attached hydrogen (secondary N) is 1. The van der Waals surface area contributed by atoms with E-state index < -0.39 is 23.4 Å². The van der Waals surface area contributed by atoms with Crippen molar-refractivity contribution in [1.29, 1.82) is 0 Å². The van der Waals surface area contributed by atoms with Gasteiger partial charge in [0.1, 0.15) is 5.54 Å². The van der Waals surface area contributed by atoms with Gasteiger partial charge in [0.05, 0.1) is 20.6 Å². The molecule has 1 aromatic rings. The highest BCUT2D eigenvalue weighted by molar-refractivity contribution is 5.99. The van der Waals surface area contributed by atoms with Crippen LogP contribution < -0.4 is 5.32 Å². The summed E-state index contributed by atoms with van der Waals surface area (Å²) >= 11 is 0. The molecule has 20 heavy (non-hydrogen) atoms. The smallest absolute Gasteiger partial charge is 0.331 e. The first kappa shape index (κ1) is 15.7. The minimum Gasteiger partial charge on any atom is -0.469 e. The summed E-state index contributed by atoms with van der Waals surface area (Å²) in [6, 6.07) is 8.37. The molecule has 0 fully saturated rings. The molecular formula is C14H17NO5. The number of rotatable bonds is 5. The highest BCUT2D eigenvalue weighted by Crippen LogP contribution is 2.14. The van der Waals surface area contributed by atoms with Gasteiger partial charge in [-0.15, -0.1) is 0 Å². The lowest BCUT2D eigenvalue weighted by atomic mass is 9.97. The lowest BCUT2D eigenvalue weighted by molar-refractivity contribution is -0.154. The lowest BCUT2D eigenvalue weighted by Crippen LogP contribution is -2.54. The number of carbonyl (C=O) groups excluding carboxylic acids is 3. The van der Waals surface area contributed by atoms with E-state index in [0.29, 0.717) is 5.56 Å². The fraction of sp³-hybridized carbons (Fsp3) is 0.357. The van der Waals surface area contributed by atoms with Crippen molar-refractivity contribution >= 4 is 17.8 Å². The van der Waals surface area contributed by atoms with E-state index in [1.165, 1.54) is 21.1 Å². The number of ether oxygens (including phenoxy) is 2. The van der Waals surface area contributed by atoms with E-state index in [-0.39, 0.29) is 6.42 Å². The molecule has 0 radical (unpaired) electrons. The molecule has 0 unspecified atom stereocenters. The van der Waals surface area contributed by atoms with E-state index >= 15 is 0 Å². The number of hydrogen-bond donors (Lipinski definition) is 1. The molecule has 1 atom stereocenters. The van der Waals surface area contributed by atoms with Gasteiger partial charge >= 0.3 is 11.9 Å². The standard InChI is InChI=1S/C14H17NO5/c1-14(13(18)20-3,9-11(16)19-2)15-12(17)10-7-5-4-6-8-10/h4-8H,9H2,1-3H3,(H,15,17)/t14-/m1/s1. The van der Waals surface area contributed by atoms with Crippen molar-refractivity contribution < 1.29 is 23.9 Å². The van der Waals surface area contributed by atoms with Crippen molar-refractivity contribution in [2.45, 2.75) is 18.9 Å². The fourth-order valence-corrected chi connectivity index (χ4v) is 1.67. The Bertz CT molecular complexity index is 500. The van der Waals surface area contributed by atoms with Crippen LogP contribution in [-0.4, -0.2) is 37.6 Å². The molecule has 6 heteroatoms. The summed E-state index contributed by atoms with van der Waals surface area (Å²) < 4.78 is 9.17. The summed E-state index contributed by atoms with van der Waals surface area (Å²) in [6.45, 7) is 1.41. The van der Waals surface area contributed by atoms with Gasteiger partial charge in [-0.3, -0.25) is 9.59 Å². The normalized spacial score (nSPS) is 12.9. The molecule has 0 aliphatic rings. The maximum Gasteiger partial charge on any atom is 0.331 e. The SMILES string of the molecule is COC(=O)C[C@@](C)(NC(=O)c1ccccc1)C(=O)OC. The third kappa shape index (κ3) is 3.81. The van der Waals surface area contributed by atoms with Crippen LogP contribution in [0.25, 0.3) is 0 Å². The fourth-order valence-electron chi connectivity index (χ4n) is 1.67. The number of methoxy groups -OCH3 is 2. The van der Waals surface area contributed by atoms with Crippen LogP contribution >= 0.6 is 0 Å². The summed E-state index contributed by atoms with van der Waals surface area (Å²) in [4.78, 5) is 35.3. The molecular weight excluding hydrogens is 262 g/mol. The van der Waals surface area contributed by atoms with Crippen LogP contribution in [0.4, 0.5) is 0 Å². The number of hydrogen-bond acceptors (Lipinski definition) is 5. The van der Waals surface area contributed by atoms with E-state index in [4.69, 9.17) is 0 Å². The summed E-state index contributed by atoms with van der Waals surface area (Å²) in [6.07, 6.45) is -0.311. The second-order valence-electron chi connectivity index (χ2n) is 4.40. The van der Waals surface area contributed by atoms with Gasteiger partial charge in [0, 0.05) is 5.56 Å². The second-order valence-corrected chi connectivity index (χ2v) is 4.40. The maximum absolute atomic E-state index is 12.1. The third-order valence-electron chi connectivity index (χ3n) is 2.79. The molecule has 1 N–H and O–H groups in total. The van der Waals surface area contributed by atoms with Crippen molar-refractivity contribution in [3.8, 4) is 0 Å². The Kier molecular flexibility index (Phi) is 5.25. The van der Waals surface area contributed by atoms with E-state index in [1.54, 1.807) is 30.3 Å². The number of amides is 1. The van der Waals surface area contributed by atoms with Gasteiger partial charge in [0.25, 0.3) is 5.91 Å². The molecule has 0 spiro atoms. The van der Waals surface area contributed by atoms with Crippen LogP contribution in [0.2, 0.25) is 0 Å². The first-order valence-corrected chi connectivity index (χ1v) is 5.95. The van der Waals surface area contributed by atoms with E-state index in [9.17, 15) is 14.4 Å². The zero-order valence-corrected chi connectivity index (χ0v) is 11.6. The molecule has 1 amide bonds. The van der Waals surface area contributed by atoms with Crippen molar-refractivity contribution in [3.05, 3.63) is 35.9 Å². The monoisotopic (exact) mass is 279 g/mol. The van der Waals surface area contributed by atoms with Gasteiger partial charge in [0.2, 0.25) is 0 Å². The highest BCUT2D eigenvalue weighted by atomic mass is 16.5. The summed E-state index contributed by atoms with van der Waals surface area (Å²) in [7, 11) is 2.39. The van der Waals surface area contributed by atoms with Crippen molar-refractivity contribution in [1.82, 2.24) is 5.32 Å². The zero-order chi connectivity index (χ0) is 15.2. The van der Waals surface area contributed by atoms with Crippen molar-refractivity contribution in [3.63, 3.8) is 0 Å². The Morgan fingerprint density at radius 3 is 2.20 bits per heavy atom. The molecule has 0 aromatic heterocycles.